The Morgan fingerprint density at radius 3 is 2.25 bits per heavy atom. The van der Waals surface area contributed by atoms with Gasteiger partial charge in [-0.3, -0.25) is 4.90 Å². The summed E-state index contributed by atoms with van der Waals surface area (Å²) in [6.07, 6.45) is 5.46. The molecule has 5 rings (SSSR count). The molecule has 4 unspecified atom stereocenters. The fourth-order valence-electron chi connectivity index (χ4n) is 6.59. The highest BCUT2D eigenvalue weighted by Gasteiger charge is 2.40. The van der Waals surface area contributed by atoms with Crippen LogP contribution in [0.3, 0.4) is 0 Å². The number of benzene rings is 2. The Hall–Kier alpha value is -1.48. The van der Waals surface area contributed by atoms with Crippen molar-refractivity contribution in [3.05, 3.63) is 46.5 Å². The van der Waals surface area contributed by atoms with Crippen molar-refractivity contribution in [1.29, 1.82) is 0 Å². The van der Waals surface area contributed by atoms with Crippen LogP contribution < -0.4 is 19.5 Å². The molecule has 0 spiro atoms. The van der Waals surface area contributed by atoms with E-state index in [1.807, 2.05) is 12.1 Å². The predicted octanol–water partition coefficient (Wildman–Crippen LogP) is 5.80. The van der Waals surface area contributed by atoms with Crippen molar-refractivity contribution in [1.82, 2.24) is 10.2 Å². The third kappa shape index (κ3) is 5.38. The molecule has 0 aromatic heterocycles. The number of aromatic hydroxyl groups is 1. The lowest BCUT2D eigenvalue weighted by Gasteiger charge is -2.48. The maximum absolute atomic E-state index is 10.3. The fraction of sp³-hybridized carbons (Fsp3) is 0.571. The number of nitrogens with zero attached hydrogens (tertiary/aromatic N) is 1. The van der Waals surface area contributed by atoms with E-state index in [4.69, 9.17) is 14.2 Å². The number of rotatable bonds is 6. The van der Waals surface area contributed by atoms with Crippen molar-refractivity contribution < 1.29 is 19.3 Å². The molecule has 200 valence electrons. The standard InChI is InChI=1S/C28H38N2O4.2BrH/c1-5-17-16-30-9-7-19-13-27(33-3)28(34-4)15-22(19)24(30)11-20(17)10-23-21-14-26(32-2)25(31)12-18(21)6-8-29-23;;/h12-15,17,20,23-24,29,31H,5-11,16H2,1-4H3;2*1H. The second kappa shape index (κ2) is 12.4. The van der Waals surface area contributed by atoms with Crippen LogP contribution in [0, 0.1) is 11.8 Å². The molecular formula is C28H40Br2N2O4. The van der Waals surface area contributed by atoms with Gasteiger partial charge in [0, 0.05) is 25.2 Å². The van der Waals surface area contributed by atoms with Gasteiger partial charge in [-0.05, 0) is 90.6 Å². The van der Waals surface area contributed by atoms with Gasteiger partial charge >= 0.3 is 0 Å². The molecule has 6 nitrogen and oxygen atoms in total. The number of phenols is 1. The van der Waals surface area contributed by atoms with Crippen molar-refractivity contribution in [3.8, 4) is 23.0 Å². The molecule has 4 atom stereocenters. The van der Waals surface area contributed by atoms with Crippen LogP contribution in [-0.4, -0.2) is 51.0 Å². The topological polar surface area (TPSA) is 63.2 Å². The van der Waals surface area contributed by atoms with E-state index in [-0.39, 0.29) is 45.8 Å². The molecule has 3 aliphatic rings. The zero-order valence-electron chi connectivity index (χ0n) is 21.7. The SMILES string of the molecule is Br.Br.CCC1CN2CCc3cc(OC)c(OC)cc3C2CC1CC1NCCc2cc(O)c(OC)cc21. The number of nitrogens with one attached hydrogen (secondary N) is 1. The van der Waals surface area contributed by atoms with Crippen molar-refractivity contribution in [2.45, 2.75) is 51.1 Å². The summed E-state index contributed by atoms with van der Waals surface area (Å²) >= 11 is 0. The summed E-state index contributed by atoms with van der Waals surface area (Å²) in [5.74, 6) is 3.76. The largest absolute Gasteiger partial charge is 0.504 e. The Labute approximate surface area is 236 Å². The Bertz CT molecular complexity index is 1050. The highest BCUT2D eigenvalue weighted by molar-refractivity contribution is 8.93. The van der Waals surface area contributed by atoms with Crippen LogP contribution in [0.25, 0.3) is 0 Å². The second-order valence-electron chi connectivity index (χ2n) is 10.0. The summed E-state index contributed by atoms with van der Waals surface area (Å²) in [6, 6.07) is 9.06. The number of piperidine rings is 1. The van der Waals surface area contributed by atoms with Crippen LogP contribution in [0.4, 0.5) is 0 Å². The minimum Gasteiger partial charge on any atom is -0.504 e. The van der Waals surface area contributed by atoms with Crippen LogP contribution in [0.1, 0.15) is 60.5 Å². The first kappa shape index (κ1) is 29.1. The first-order chi connectivity index (χ1) is 16.6. The van der Waals surface area contributed by atoms with E-state index in [1.165, 1.54) is 28.7 Å². The minimum atomic E-state index is 0. The number of phenolic OH excluding ortho intramolecular Hbond substituents is 1. The first-order valence-corrected chi connectivity index (χ1v) is 12.7. The Morgan fingerprint density at radius 1 is 0.889 bits per heavy atom. The summed E-state index contributed by atoms with van der Waals surface area (Å²) in [5.41, 5.74) is 5.34. The number of halogens is 2. The van der Waals surface area contributed by atoms with Gasteiger partial charge in [0.25, 0.3) is 0 Å². The van der Waals surface area contributed by atoms with Gasteiger partial charge in [0.05, 0.1) is 21.3 Å². The molecule has 8 heteroatoms. The number of fused-ring (bicyclic) bond motifs is 4. The van der Waals surface area contributed by atoms with Crippen LogP contribution in [0.15, 0.2) is 24.3 Å². The minimum absolute atomic E-state index is 0. The van der Waals surface area contributed by atoms with Crippen LogP contribution >= 0.6 is 34.0 Å². The van der Waals surface area contributed by atoms with Gasteiger partial charge in [-0.1, -0.05) is 13.3 Å². The molecule has 36 heavy (non-hydrogen) atoms. The first-order valence-electron chi connectivity index (χ1n) is 12.7. The molecule has 1 saturated heterocycles. The normalized spacial score (nSPS) is 24.8. The molecule has 0 amide bonds. The van der Waals surface area contributed by atoms with Gasteiger partial charge in [0.15, 0.2) is 23.0 Å². The van der Waals surface area contributed by atoms with Gasteiger partial charge in [0.1, 0.15) is 0 Å². The van der Waals surface area contributed by atoms with Crippen molar-refractivity contribution in [2.24, 2.45) is 11.8 Å². The molecule has 3 aliphatic heterocycles. The monoisotopic (exact) mass is 626 g/mol. The predicted molar refractivity (Wildman–Crippen MR) is 154 cm³/mol. The molecule has 2 N–H and O–H groups in total. The second-order valence-corrected chi connectivity index (χ2v) is 10.0. The van der Waals surface area contributed by atoms with E-state index in [9.17, 15) is 5.11 Å². The number of methoxy groups -OCH3 is 3. The molecule has 0 radical (unpaired) electrons. The van der Waals surface area contributed by atoms with E-state index in [0.717, 1.165) is 56.8 Å². The molecule has 0 saturated carbocycles. The summed E-state index contributed by atoms with van der Waals surface area (Å²) in [7, 11) is 5.06. The maximum atomic E-state index is 10.3. The molecular weight excluding hydrogens is 588 g/mol. The number of hydrogen-bond donors (Lipinski definition) is 2. The Balaban J connectivity index is 0.00000180. The number of hydrogen-bond acceptors (Lipinski definition) is 6. The van der Waals surface area contributed by atoms with Crippen LogP contribution in [-0.2, 0) is 12.8 Å². The molecule has 0 bridgehead atoms. The highest BCUT2D eigenvalue weighted by atomic mass is 79.9. The van der Waals surface area contributed by atoms with Gasteiger partial charge < -0.3 is 24.6 Å². The van der Waals surface area contributed by atoms with E-state index in [0.29, 0.717) is 23.6 Å². The lowest BCUT2D eigenvalue weighted by atomic mass is 9.72. The molecule has 2 aromatic rings. The van der Waals surface area contributed by atoms with E-state index >= 15 is 0 Å². The summed E-state index contributed by atoms with van der Waals surface area (Å²) in [6.45, 7) is 5.55. The molecule has 1 fully saturated rings. The van der Waals surface area contributed by atoms with Crippen LogP contribution in [0.2, 0.25) is 0 Å². The fourth-order valence-corrected chi connectivity index (χ4v) is 6.59. The van der Waals surface area contributed by atoms with Gasteiger partial charge in [-0.25, -0.2) is 0 Å². The lowest BCUT2D eigenvalue weighted by molar-refractivity contribution is 0.0434. The third-order valence-electron chi connectivity index (χ3n) is 8.44. The third-order valence-corrected chi connectivity index (χ3v) is 8.44. The maximum Gasteiger partial charge on any atom is 0.161 e. The average molecular weight is 628 g/mol. The highest BCUT2D eigenvalue weighted by Crippen LogP contribution is 2.47. The van der Waals surface area contributed by atoms with Crippen molar-refractivity contribution >= 4 is 34.0 Å². The Morgan fingerprint density at radius 2 is 1.56 bits per heavy atom. The smallest absolute Gasteiger partial charge is 0.161 e. The summed E-state index contributed by atoms with van der Waals surface area (Å²) < 4.78 is 16.7. The zero-order valence-corrected chi connectivity index (χ0v) is 25.1. The van der Waals surface area contributed by atoms with Crippen LogP contribution in [0.5, 0.6) is 23.0 Å². The quantitative estimate of drug-likeness (QED) is 0.422. The Kier molecular flexibility index (Phi) is 10.00. The molecule has 3 heterocycles. The van der Waals surface area contributed by atoms with Gasteiger partial charge in [-0.15, -0.1) is 34.0 Å². The van der Waals surface area contributed by atoms with E-state index in [2.05, 4.69) is 29.3 Å². The van der Waals surface area contributed by atoms with Crippen molar-refractivity contribution in [3.63, 3.8) is 0 Å². The zero-order chi connectivity index (χ0) is 23.8. The van der Waals surface area contributed by atoms with E-state index in [1.54, 1.807) is 21.3 Å². The van der Waals surface area contributed by atoms with Gasteiger partial charge in [0.2, 0.25) is 0 Å². The van der Waals surface area contributed by atoms with Crippen molar-refractivity contribution in [2.75, 3.05) is 41.0 Å². The molecule has 0 aliphatic carbocycles. The molecule has 2 aromatic carbocycles. The van der Waals surface area contributed by atoms with E-state index < -0.39 is 0 Å². The van der Waals surface area contributed by atoms with Gasteiger partial charge in [-0.2, -0.15) is 0 Å². The summed E-state index contributed by atoms with van der Waals surface area (Å²) in [5, 5.41) is 14.1. The number of ether oxygens (including phenoxy) is 3. The average Bonchev–Trinajstić information content (AvgIpc) is 2.87. The summed E-state index contributed by atoms with van der Waals surface area (Å²) in [4.78, 5) is 2.70. The lowest BCUT2D eigenvalue weighted by Crippen LogP contribution is -2.46.